The molecule has 168 valence electrons. The second kappa shape index (κ2) is 9.25. The molecule has 0 bridgehead atoms. The smallest absolute Gasteiger partial charge is 0.270 e. The molecule has 5 nitrogen and oxygen atoms in total. The summed E-state index contributed by atoms with van der Waals surface area (Å²) in [5.41, 5.74) is 5.27. The Bertz CT molecular complexity index is 1330. The number of rotatable bonds is 4. The number of aryl methyl sites for hydroxylation is 2. The minimum Gasteiger partial charge on any atom is -0.318 e. The summed E-state index contributed by atoms with van der Waals surface area (Å²) in [6.45, 7) is 5.96. The molecule has 33 heavy (non-hydrogen) atoms. The molecule has 3 aromatic rings. The summed E-state index contributed by atoms with van der Waals surface area (Å²) in [4.78, 5) is 27.4. The summed E-state index contributed by atoms with van der Waals surface area (Å²) in [6.07, 6.45) is 2.51. The van der Waals surface area contributed by atoms with Crippen molar-refractivity contribution >= 4 is 68.4 Å². The van der Waals surface area contributed by atoms with Crippen molar-refractivity contribution in [2.24, 2.45) is 0 Å². The predicted octanol–water partition coefficient (Wildman–Crippen LogP) is 5.90. The fraction of sp³-hybridized carbons (Fsp3) is 0.160. The average Bonchev–Trinajstić information content (AvgIpc) is 3.06. The Morgan fingerprint density at radius 2 is 1.73 bits per heavy atom. The van der Waals surface area contributed by atoms with Gasteiger partial charge in [0.25, 0.3) is 11.8 Å². The summed E-state index contributed by atoms with van der Waals surface area (Å²) in [6, 6.07) is 15.2. The largest absolute Gasteiger partial charge is 0.318 e. The Balaban J connectivity index is 1.74. The highest BCUT2D eigenvalue weighted by molar-refractivity contribution is 9.10. The van der Waals surface area contributed by atoms with Crippen LogP contribution in [0, 0.1) is 13.8 Å². The number of amides is 2. The second-order valence-electron chi connectivity index (χ2n) is 7.74. The Hall–Kier alpha value is -2.74. The number of carbonyl (C=O) groups is 2. The van der Waals surface area contributed by atoms with E-state index in [9.17, 15) is 9.59 Å². The van der Waals surface area contributed by atoms with Gasteiger partial charge in [0.05, 0.1) is 10.7 Å². The van der Waals surface area contributed by atoms with Gasteiger partial charge in [-0.2, -0.15) is 0 Å². The van der Waals surface area contributed by atoms with Gasteiger partial charge in [-0.1, -0.05) is 30.7 Å². The molecule has 0 saturated carbocycles. The van der Waals surface area contributed by atoms with Crippen LogP contribution in [0.15, 0.2) is 58.6 Å². The highest BCUT2D eigenvalue weighted by Gasteiger charge is 2.34. The molecular weight excluding hydrogens is 522 g/mol. The van der Waals surface area contributed by atoms with Crippen molar-refractivity contribution in [3.8, 4) is 5.69 Å². The number of halogens is 2. The Morgan fingerprint density at radius 1 is 1.06 bits per heavy atom. The van der Waals surface area contributed by atoms with Crippen molar-refractivity contribution in [1.29, 1.82) is 0 Å². The lowest BCUT2D eigenvalue weighted by Crippen LogP contribution is -2.54. The fourth-order valence-electron chi connectivity index (χ4n) is 3.88. The van der Waals surface area contributed by atoms with E-state index in [1.54, 1.807) is 6.08 Å². The first-order valence-electron chi connectivity index (χ1n) is 10.4. The van der Waals surface area contributed by atoms with E-state index in [4.69, 9.17) is 23.8 Å². The number of anilines is 1. The van der Waals surface area contributed by atoms with Gasteiger partial charge in [-0.25, -0.2) is 0 Å². The van der Waals surface area contributed by atoms with Crippen LogP contribution in [0.5, 0.6) is 0 Å². The number of hydrogen-bond acceptors (Lipinski definition) is 3. The number of hydrogen-bond donors (Lipinski definition) is 1. The quantitative estimate of drug-likeness (QED) is 0.254. The van der Waals surface area contributed by atoms with E-state index in [1.807, 2.05) is 66.9 Å². The first-order chi connectivity index (χ1) is 15.7. The lowest BCUT2D eigenvalue weighted by atomic mass is 10.1. The van der Waals surface area contributed by atoms with E-state index in [1.165, 1.54) is 4.90 Å². The van der Waals surface area contributed by atoms with Gasteiger partial charge in [0.15, 0.2) is 5.11 Å². The van der Waals surface area contributed by atoms with Crippen molar-refractivity contribution in [3.63, 3.8) is 0 Å². The molecule has 1 fully saturated rings. The number of benzene rings is 2. The van der Waals surface area contributed by atoms with Crippen LogP contribution in [-0.4, -0.2) is 21.5 Å². The molecule has 0 spiro atoms. The highest BCUT2D eigenvalue weighted by atomic mass is 79.9. The van der Waals surface area contributed by atoms with E-state index in [0.29, 0.717) is 10.7 Å². The van der Waals surface area contributed by atoms with Crippen LogP contribution < -0.4 is 10.2 Å². The first-order valence-corrected chi connectivity index (χ1v) is 11.9. The fourth-order valence-corrected chi connectivity index (χ4v) is 4.59. The van der Waals surface area contributed by atoms with E-state index in [0.717, 1.165) is 39.1 Å². The van der Waals surface area contributed by atoms with Crippen molar-refractivity contribution in [1.82, 2.24) is 9.88 Å². The molecule has 0 atom stereocenters. The number of thiocarbonyl (C=S) groups is 1. The minimum absolute atomic E-state index is 0.0252. The molecule has 1 saturated heterocycles. The van der Waals surface area contributed by atoms with Crippen LogP contribution in [0.2, 0.25) is 5.02 Å². The third kappa shape index (κ3) is 4.40. The van der Waals surface area contributed by atoms with Crippen molar-refractivity contribution in [2.75, 3.05) is 4.90 Å². The second-order valence-corrected chi connectivity index (χ2v) is 9.39. The molecule has 1 aliphatic heterocycles. The van der Waals surface area contributed by atoms with E-state index in [2.05, 4.69) is 28.2 Å². The van der Waals surface area contributed by atoms with Gasteiger partial charge < -0.3 is 4.57 Å². The molecule has 2 aromatic carbocycles. The van der Waals surface area contributed by atoms with Crippen LogP contribution in [0.25, 0.3) is 11.8 Å². The Labute approximate surface area is 211 Å². The summed E-state index contributed by atoms with van der Waals surface area (Å²) in [7, 11) is 0. The van der Waals surface area contributed by atoms with Crippen LogP contribution in [0.4, 0.5) is 5.69 Å². The third-order valence-electron chi connectivity index (χ3n) is 5.64. The number of nitrogens with zero attached hydrogens (tertiary/aromatic N) is 2. The van der Waals surface area contributed by atoms with Crippen LogP contribution >= 0.6 is 39.7 Å². The Kier molecular flexibility index (Phi) is 6.56. The monoisotopic (exact) mass is 541 g/mol. The maximum absolute atomic E-state index is 13.3. The predicted molar refractivity (Wildman–Crippen MR) is 140 cm³/mol. The lowest BCUT2D eigenvalue weighted by Gasteiger charge is -2.29. The maximum Gasteiger partial charge on any atom is 0.270 e. The average molecular weight is 543 g/mol. The van der Waals surface area contributed by atoms with Crippen LogP contribution in [0.3, 0.4) is 0 Å². The van der Waals surface area contributed by atoms with Crippen molar-refractivity contribution in [3.05, 3.63) is 86.1 Å². The van der Waals surface area contributed by atoms with Crippen molar-refractivity contribution < 1.29 is 9.59 Å². The van der Waals surface area contributed by atoms with Gasteiger partial charge >= 0.3 is 0 Å². The first kappa shape index (κ1) is 23.4. The molecule has 2 amide bonds. The zero-order valence-corrected chi connectivity index (χ0v) is 21.4. The zero-order chi connectivity index (χ0) is 23.9. The molecule has 0 unspecified atom stereocenters. The van der Waals surface area contributed by atoms with Gasteiger partial charge in [-0.05, 0) is 102 Å². The van der Waals surface area contributed by atoms with E-state index in [-0.39, 0.29) is 10.7 Å². The summed E-state index contributed by atoms with van der Waals surface area (Å²) >= 11 is 15.0. The number of carbonyl (C=O) groups excluding carboxylic acids is 2. The highest BCUT2D eigenvalue weighted by Crippen LogP contribution is 2.29. The molecular formula is C25H21BrClN3O2S. The summed E-state index contributed by atoms with van der Waals surface area (Å²) in [5.74, 6) is -0.965. The van der Waals surface area contributed by atoms with E-state index >= 15 is 0 Å². The normalized spacial score (nSPS) is 15.4. The van der Waals surface area contributed by atoms with Gasteiger partial charge in [-0.15, -0.1) is 0 Å². The topological polar surface area (TPSA) is 54.3 Å². The molecule has 1 N–H and O–H groups in total. The molecule has 0 radical (unpaired) electrons. The molecule has 1 aliphatic rings. The molecule has 1 aromatic heterocycles. The van der Waals surface area contributed by atoms with E-state index < -0.39 is 11.8 Å². The standard InChI is InChI=1S/C25H21BrClN3O2S/c1-4-16-5-7-18(8-6-16)30-24(32)20(23(31)28-25(30)33)12-17-11-14(2)29(15(17)3)19-9-10-21(26)22(27)13-19/h5-13H,4H2,1-3H3,(H,28,31,33)/b20-12+. The Morgan fingerprint density at radius 3 is 2.36 bits per heavy atom. The van der Waals surface area contributed by atoms with Crippen LogP contribution in [-0.2, 0) is 16.0 Å². The van der Waals surface area contributed by atoms with Gasteiger partial charge in [0.1, 0.15) is 5.57 Å². The van der Waals surface area contributed by atoms with Gasteiger partial charge in [0, 0.05) is 21.5 Å². The SMILES string of the molecule is CCc1ccc(N2C(=O)/C(=C/c3cc(C)n(-c4ccc(Br)c(Cl)c4)c3C)C(=O)NC2=S)cc1. The summed E-state index contributed by atoms with van der Waals surface area (Å²) < 4.78 is 2.84. The zero-order valence-electron chi connectivity index (χ0n) is 18.3. The maximum atomic E-state index is 13.3. The minimum atomic E-state index is -0.511. The number of nitrogens with one attached hydrogen (secondary N) is 1. The molecule has 2 heterocycles. The van der Waals surface area contributed by atoms with Crippen molar-refractivity contribution in [2.45, 2.75) is 27.2 Å². The van der Waals surface area contributed by atoms with Gasteiger partial charge in [-0.3, -0.25) is 19.8 Å². The molecule has 0 aliphatic carbocycles. The number of aromatic nitrogens is 1. The third-order valence-corrected chi connectivity index (χ3v) is 7.15. The molecule has 8 heteroatoms. The summed E-state index contributed by atoms with van der Waals surface area (Å²) in [5, 5.41) is 3.31. The van der Waals surface area contributed by atoms with Crippen LogP contribution in [0.1, 0.15) is 29.4 Å². The molecule has 4 rings (SSSR count). The lowest BCUT2D eigenvalue weighted by molar-refractivity contribution is -0.122. The van der Waals surface area contributed by atoms with Gasteiger partial charge in [0.2, 0.25) is 0 Å².